The summed E-state index contributed by atoms with van der Waals surface area (Å²) in [7, 11) is 0. The molecule has 3 nitrogen and oxygen atoms in total. The second-order valence-electron chi connectivity index (χ2n) is 6.76. The number of rotatable bonds is 5. The molecule has 0 amide bonds. The van der Waals surface area contributed by atoms with Gasteiger partial charge in [-0.05, 0) is 58.4 Å². The van der Waals surface area contributed by atoms with Crippen LogP contribution in [0.1, 0.15) is 65.2 Å². The van der Waals surface area contributed by atoms with E-state index in [4.69, 9.17) is 0 Å². The molecule has 3 heteroatoms. The van der Waals surface area contributed by atoms with Gasteiger partial charge < -0.3 is 15.7 Å². The molecule has 0 aromatic rings. The topological polar surface area (TPSA) is 44.3 Å². The van der Waals surface area contributed by atoms with Crippen molar-refractivity contribution in [2.24, 2.45) is 5.92 Å². The molecule has 0 aromatic heterocycles. The molecule has 1 saturated heterocycles. The third-order valence-electron chi connectivity index (χ3n) is 4.88. The van der Waals surface area contributed by atoms with Gasteiger partial charge in [0.25, 0.3) is 0 Å². The van der Waals surface area contributed by atoms with Crippen molar-refractivity contribution in [2.45, 2.75) is 89.4 Å². The van der Waals surface area contributed by atoms with Gasteiger partial charge in [-0.25, -0.2) is 0 Å². The van der Waals surface area contributed by atoms with Crippen molar-refractivity contribution in [3.05, 3.63) is 0 Å². The number of hydrogen-bond donors (Lipinski definition) is 3. The third-order valence-corrected chi connectivity index (χ3v) is 4.88. The first-order valence-electron chi connectivity index (χ1n) is 8.34. The van der Waals surface area contributed by atoms with Crippen molar-refractivity contribution < 1.29 is 5.11 Å². The highest BCUT2D eigenvalue weighted by molar-refractivity contribution is 4.91. The average Bonchev–Trinajstić information content (AvgIpc) is 2.39. The van der Waals surface area contributed by atoms with E-state index in [-0.39, 0.29) is 6.10 Å². The highest BCUT2D eigenvalue weighted by Gasteiger charge is 2.32. The van der Waals surface area contributed by atoms with Gasteiger partial charge >= 0.3 is 0 Å². The molecule has 1 aliphatic heterocycles. The summed E-state index contributed by atoms with van der Waals surface area (Å²) in [4.78, 5) is 0. The summed E-state index contributed by atoms with van der Waals surface area (Å²) >= 11 is 0. The average molecular weight is 268 g/mol. The van der Waals surface area contributed by atoms with Crippen LogP contribution >= 0.6 is 0 Å². The first-order chi connectivity index (χ1) is 9.16. The van der Waals surface area contributed by atoms with E-state index >= 15 is 0 Å². The van der Waals surface area contributed by atoms with E-state index in [9.17, 15) is 5.11 Å². The predicted octanol–water partition coefficient (Wildman–Crippen LogP) is 2.44. The maximum absolute atomic E-state index is 9.51. The predicted molar refractivity (Wildman–Crippen MR) is 80.3 cm³/mol. The fourth-order valence-electron chi connectivity index (χ4n) is 4.04. The number of aliphatic hydroxyl groups is 1. The van der Waals surface area contributed by atoms with Gasteiger partial charge in [0.2, 0.25) is 0 Å². The molecule has 0 spiro atoms. The number of hydrogen-bond acceptors (Lipinski definition) is 3. The van der Waals surface area contributed by atoms with E-state index in [1.807, 2.05) is 6.92 Å². The lowest BCUT2D eigenvalue weighted by atomic mass is 9.77. The van der Waals surface area contributed by atoms with Crippen LogP contribution in [-0.4, -0.2) is 35.9 Å². The Morgan fingerprint density at radius 1 is 1.11 bits per heavy atom. The van der Waals surface area contributed by atoms with Crippen molar-refractivity contribution in [2.75, 3.05) is 6.54 Å². The summed E-state index contributed by atoms with van der Waals surface area (Å²) in [6.07, 6.45) is 10.2. The smallest absolute Gasteiger partial charge is 0.0526 e. The van der Waals surface area contributed by atoms with Crippen LogP contribution in [0.15, 0.2) is 0 Å². The molecule has 1 aliphatic carbocycles. The van der Waals surface area contributed by atoms with Crippen molar-refractivity contribution in [3.63, 3.8) is 0 Å². The van der Waals surface area contributed by atoms with E-state index in [1.165, 1.54) is 51.5 Å². The van der Waals surface area contributed by atoms with Crippen molar-refractivity contribution >= 4 is 0 Å². The molecule has 2 fully saturated rings. The Kier molecular flexibility index (Phi) is 6.11. The quantitative estimate of drug-likeness (QED) is 0.717. The Morgan fingerprint density at radius 2 is 1.84 bits per heavy atom. The first kappa shape index (κ1) is 15.3. The molecule has 1 saturated carbocycles. The fraction of sp³-hybridized carbons (Fsp3) is 1.00. The number of piperidine rings is 1. The van der Waals surface area contributed by atoms with E-state index in [2.05, 4.69) is 17.6 Å². The van der Waals surface area contributed by atoms with Gasteiger partial charge in [0.1, 0.15) is 0 Å². The summed E-state index contributed by atoms with van der Waals surface area (Å²) in [5, 5.41) is 17.1. The molecule has 0 radical (unpaired) electrons. The van der Waals surface area contributed by atoms with Gasteiger partial charge in [-0.15, -0.1) is 0 Å². The lowest BCUT2D eigenvalue weighted by Crippen LogP contribution is -2.52. The van der Waals surface area contributed by atoms with Crippen molar-refractivity contribution in [3.8, 4) is 0 Å². The molecule has 5 atom stereocenters. The highest BCUT2D eigenvalue weighted by Crippen LogP contribution is 2.30. The van der Waals surface area contributed by atoms with Crippen LogP contribution in [0.2, 0.25) is 0 Å². The van der Waals surface area contributed by atoms with Crippen LogP contribution in [0.5, 0.6) is 0 Å². The Bertz CT molecular complexity index is 251. The molecule has 0 aromatic carbocycles. The minimum atomic E-state index is -0.197. The van der Waals surface area contributed by atoms with Crippen LogP contribution in [-0.2, 0) is 0 Å². The molecule has 2 aliphatic rings. The zero-order valence-corrected chi connectivity index (χ0v) is 12.7. The Morgan fingerprint density at radius 3 is 2.53 bits per heavy atom. The second-order valence-corrected chi connectivity index (χ2v) is 6.76. The van der Waals surface area contributed by atoms with Crippen LogP contribution < -0.4 is 10.6 Å². The van der Waals surface area contributed by atoms with Gasteiger partial charge in [0.15, 0.2) is 0 Å². The molecule has 2 rings (SSSR count). The maximum atomic E-state index is 9.51. The Balaban J connectivity index is 1.87. The largest absolute Gasteiger partial charge is 0.393 e. The first-order valence-corrected chi connectivity index (χ1v) is 8.34. The van der Waals surface area contributed by atoms with Gasteiger partial charge in [-0.3, -0.25) is 0 Å². The molecular formula is C16H32N2O. The van der Waals surface area contributed by atoms with E-state index in [0.717, 1.165) is 18.4 Å². The van der Waals surface area contributed by atoms with E-state index in [1.54, 1.807) is 0 Å². The second kappa shape index (κ2) is 7.61. The van der Waals surface area contributed by atoms with Crippen LogP contribution in [0.25, 0.3) is 0 Å². The zero-order valence-electron chi connectivity index (χ0n) is 12.7. The van der Waals surface area contributed by atoms with E-state index in [0.29, 0.717) is 12.1 Å². The lowest BCUT2D eigenvalue weighted by molar-refractivity contribution is 0.142. The Labute approximate surface area is 118 Å². The molecule has 5 unspecified atom stereocenters. The SMILES string of the molecule is CC(O)CC(C)NC1CCCCC1C1CCCCN1. The van der Waals surface area contributed by atoms with Crippen molar-refractivity contribution in [1.82, 2.24) is 10.6 Å². The minimum Gasteiger partial charge on any atom is -0.393 e. The van der Waals surface area contributed by atoms with Gasteiger partial charge in [0, 0.05) is 18.1 Å². The molecule has 0 bridgehead atoms. The molecule has 19 heavy (non-hydrogen) atoms. The summed E-state index contributed by atoms with van der Waals surface area (Å²) < 4.78 is 0. The number of nitrogens with one attached hydrogen (secondary N) is 2. The highest BCUT2D eigenvalue weighted by atomic mass is 16.3. The summed E-state index contributed by atoms with van der Waals surface area (Å²) in [5.74, 6) is 0.797. The molecular weight excluding hydrogens is 236 g/mol. The maximum Gasteiger partial charge on any atom is 0.0526 e. The zero-order chi connectivity index (χ0) is 13.7. The standard InChI is InChI=1S/C16H32N2O/c1-12(11-13(2)19)18-16-9-4-3-7-14(16)15-8-5-6-10-17-15/h12-19H,3-11H2,1-2H3. The summed E-state index contributed by atoms with van der Waals surface area (Å²) in [6, 6.07) is 1.80. The van der Waals surface area contributed by atoms with Crippen molar-refractivity contribution in [1.29, 1.82) is 0 Å². The van der Waals surface area contributed by atoms with Crippen LogP contribution in [0.3, 0.4) is 0 Å². The Hall–Kier alpha value is -0.120. The normalized spacial score (nSPS) is 35.8. The third kappa shape index (κ3) is 4.73. The van der Waals surface area contributed by atoms with Gasteiger partial charge in [-0.2, -0.15) is 0 Å². The molecule has 112 valence electrons. The molecule has 3 N–H and O–H groups in total. The lowest BCUT2D eigenvalue weighted by Gasteiger charge is -2.41. The summed E-state index contributed by atoms with van der Waals surface area (Å²) in [5.41, 5.74) is 0. The minimum absolute atomic E-state index is 0.197. The summed E-state index contributed by atoms with van der Waals surface area (Å²) in [6.45, 7) is 5.31. The van der Waals surface area contributed by atoms with Crippen LogP contribution in [0.4, 0.5) is 0 Å². The van der Waals surface area contributed by atoms with E-state index < -0.39 is 0 Å². The monoisotopic (exact) mass is 268 g/mol. The number of aliphatic hydroxyl groups excluding tert-OH is 1. The fourth-order valence-corrected chi connectivity index (χ4v) is 4.04. The molecule has 1 heterocycles. The van der Waals surface area contributed by atoms with Gasteiger partial charge in [-0.1, -0.05) is 19.3 Å². The van der Waals surface area contributed by atoms with Crippen LogP contribution in [0, 0.1) is 5.92 Å². The van der Waals surface area contributed by atoms with Gasteiger partial charge in [0.05, 0.1) is 6.10 Å².